The minimum Gasteiger partial charge on any atom is -0.336 e. The summed E-state index contributed by atoms with van der Waals surface area (Å²) in [7, 11) is 1.65. The summed E-state index contributed by atoms with van der Waals surface area (Å²) >= 11 is 4.78. The Kier molecular flexibility index (Phi) is 5.60. The molecule has 0 spiro atoms. The molecule has 0 bridgehead atoms. The molecule has 1 heterocycles. The van der Waals surface area contributed by atoms with Crippen LogP contribution in [0.3, 0.4) is 0 Å². The third-order valence-electron chi connectivity index (χ3n) is 3.73. The number of benzene rings is 2. The summed E-state index contributed by atoms with van der Waals surface area (Å²) in [5.41, 5.74) is 2.01. The maximum Gasteiger partial charge on any atom is 0.273 e. The molecule has 3 rings (SSSR count). The minimum atomic E-state index is -0.328. The van der Waals surface area contributed by atoms with Crippen molar-refractivity contribution in [2.75, 3.05) is 7.05 Å². The zero-order chi connectivity index (χ0) is 17.8. The number of nitrogens with zero attached hydrogens (tertiary/aromatic N) is 2. The van der Waals surface area contributed by atoms with E-state index < -0.39 is 0 Å². The van der Waals surface area contributed by atoms with Gasteiger partial charge in [-0.1, -0.05) is 46.3 Å². The highest BCUT2D eigenvalue weighted by Gasteiger charge is 2.17. The maximum atomic E-state index is 13.9. The Bertz CT molecular complexity index is 882. The topological polar surface area (TPSA) is 33.2 Å². The molecule has 0 saturated heterocycles. The molecule has 0 aliphatic heterocycles. The lowest BCUT2D eigenvalue weighted by Crippen LogP contribution is -2.27. The summed E-state index contributed by atoms with van der Waals surface area (Å²) in [6.45, 7) is 0.190. The molecule has 0 aliphatic rings. The van der Waals surface area contributed by atoms with Crippen LogP contribution in [-0.2, 0) is 13.0 Å². The van der Waals surface area contributed by atoms with Gasteiger partial charge in [-0.3, -0.25) is 4.79 Å². The molecule has 25 heavy (non-hydrogen) atoms. The summed E-state index contributed by atoms with van der Waals surface area (Å²) in [5.74, 6) is -0.541. The van der Waals surface area contributed by atoms with E-state index in [9.17, 15) is 9.18 Å². The Morgan fingerprint density at radius 3 is 2.76 bits per heavy atom. The van der Waals surface area contributed by atoms with Gasteiger partial charge >= 0.3 is 0 Å². The number of thiazole rings is 1. The number of hydrogen-bond acceptors (Lipinski definition) is 3. The molecule has 128 valence electrons. The Morgan fingerprint density at radius 1 is 1.24 bits per heavy atom. The zero-order valence-electron chi connectivity index (χ0n) is 13.6. The summed E-state index contributed by atoms with van der Waals surface area (Å²) in [6.07, 6.45) is 0.697. The first-order valence-corrected chi connectivity index (χ1v) is 9.38. The van der Waals surface area contributed by atoms with Crippen LogP contribution < -0.4 is 0 Å². The summed E-state index contributed by atoms with van der Waals surface area (Å²) < 4.78 is 14.7. The van der Waals surface area contributed by atoms with E-state index in [1.807, 2.05) is 30.3 Å². The summed E-state index contributed by atoms with van der Waals surface area (Å²) in [6, 6.07) is 14.7. The van der Waals surface area contributed by atoms with Gasteiger partial charge in [-0.2, -0.15) is 0 Å². The molecule has 0 radical (unpaired) electrons. The number of hydrogen-bond donors (Lipinski definition) is 0. The molecule has 1 amide bonds. The van der Waals surface area contributed by atoms with Gasteiger partial charge in [0, 0.05) is 35.4 Å². The Balaban J connectivity index is 1.69. The van der Waals surface area contributed by atoms with Crippen molar-refractivity contribution in [3.8, 4) is 0 Å². The van der Waals surface area contributed by atoms with E-state index in [1.165, 1.54) is 22.3 Å². The van der Waals surface area contributed by atoms with E-state index in [1.54, 1.807) is 24.6 Å². The number of halogens is 2. The van der Waals surface area contributed by atoms with Gasteiger partial charge in [-0.25, -0.2) is 9.37 Å². The van der Waals surface area contributed by atoms with Crippen molar-refractivity contribution in [1.29, 1.82) is 0 Å². The fourth-order valence-corrected chi connectivity index (χ4v) is 3.66. The lowest BCUT2D eigenvalue weighted by molar-refractivity contribution is 0.0778. The van der Waals surface area contributed by atoms with Gasteiger partial charge < -0.3 is 4.90 Å². The van der Waals surface area contributed by atoms with Crippen molar-refractivity contribution in [3.05, 3.63) is 86.0 Å². The molecule has 6 heteroatoms. The molecule has 0 N–H and O–H groups in total. The van der Waals surface area contributed by atoms with Crippen molar-refractivity contribution in [3.63, 3.8) is 0 Å². The molecular formula is C19H16BrFN2OS. The Morgan fingerprint density at radius 2 is 2.00 bits per heavy atom. The van der Waals surface area contributed by atoms with Crippen LogP contribution in [0.2, 0.25) is 0 Å². The first kappa shape index (κ1) is 17.8. The number of rotatable bonds is 5. The van der Waals surface area contributed by atoms with Crippen LogP contribution >= 0.6 is 27.3 Å². The second kappa shape index (κ2) is 7.89. The van der Waals surface area contributed by atoms with Gasteiger partial charge in [0.2, 0.25) is 0 Å². The third kappa shape index (κ3) is 4.52. The molecule has 0 aliphatic carbocycles. The van der Waals surface area contributed by atoms with Crippen molar-refractivity contribution in [1.82, 2.24) is 9.88 Å². The SMILES string of the molecule is CN(Cc1cc(Br)ccc1F)C(=O)c1csc(Cc2ccccc2)n1. The quantitative estimate of drug-likeness (QED) is 0.589. The second-order valence-electron chi connectivity index (χ2n) is 5.69. The first-order chi connectivity index (χ1) is 12.0. The fraction of sp³-hybridized carbons (Fsp3) is 0.158. The van der Waals surface area contributed by atoms with Crippen LogP contribution in [0.15, 0.2) is 58.4 Å². The molecule has 0 saturated carbocycles. The predicted octanol–water partition coefficient (Wildman–Crippen LogP) is 4.91. The van der Waals surface area contributed by atoms with Gasteiger partial charge in [-0.15, -0.1) is 11.3 Å². The lowest BCUT2D eigenvalue weighted by Gasteiger charge is -2.16. The average molecular weight is 419 g/mol. The lowest BCUT2D eigenvalue weighted by atomic mass is 10.2. The van der Waals surface area contributed by atoms with Crippen LogP contribution in [-0.4, -0.2) is 22.8 Å². The first-order valence-electron chi connectivity index (χ1n) is 7.70. The Labute approximate surface area is 158 Å². The highest BCUT2D eigenvalue weighted by molar-refractivity contribution is 9.10. The normalized spacial score (nSPS) is 10.7. The van der Waals surface area contributed by atoms with E-state index >= 15 is 0 Å². The summed E-state index contributed by atoms with van der Waals surface area (Å²) in [4.78, 5) is 18.5. The number of carbonyl (C=O) groups is 1. The Hall–Kier alpha value is -2.05. The highest BCUT2D eigenvalue weighted by Crippen LogP contribution is 2.19. The van der Waals surface area contributed by atoms with E-state index in [0.717, 1.165) is 15.0 Å². The number of aromatic nitrogens is 1. The van der Waals surface area contributed by atoms with Gasteiger partial charge in [0.25, 0.3) is 5.91 Å². The van der Waals surface area contributed by atoms with Gasteiger partial charge in [-0.05, 0) is 23.8 Å². The van der Waals surface area contributed by atoms with Crippen LogP contribution in [0, 0.1) is 5.82 Å². The molecule has 3 aromatic rings. The van der Waals surface area contributed by atoms with E-state index in [-0.39, 0.29) is 18.3 Å². The molecular weight excluding hydrogens is 403 g/mol. The van der Waals surface area contributed by atoms with Crippen molar-refractivity contribution >= 4 is 33.2 Å². The average Bonchev–Trinajstić information content (AvgIpc) is 3.06. The largest absolute Gasteiger partial charge is 0.336 e. The fourth-order valence-electron chi connectivity index (χ4n) is 2.45. The number of carbonyl (C=O) groups excluding carboxylic acids is 1. The van der Waals surface area contributed by atoms with Gasteiger partial charge in [0.15, 0.2) is 0 Å². The van der Waals surface area contributed by atoms with E-state index in [4.69, 9.17) is 0 Å². The van der Waals surface area contributed by atoms with Crippen molar-refractivity contribution < 1.29 is 9.18 Å². The van der Waals surface area contributed by atoms with Crippen LogP contribution in [0.5, 0.6) is 0 Å². The van der Waals surface area contributed by atoms with Gasteiger partial charge in [0.05, 0.1) is 5.01 Å². The molecule has 0 atom stereocenters. The monoisotopic (exact) mass is 418 g/mol. The van der Waals surface area contributed by atoms with Crippen LogP contribution in [0.4, 0.5) is 4.39 Å². The predicted molar refractivity (Wildman–Crippen MR) is 101 cm³/mol. The van der Waals surface area contributed by atoms with Crippen molar-refractivity contribution in [2.24, 2.45) is 0 Å². The smallest absolute Gasteiger partial charge is 0.273 e. The van der Waals surface area contributed by atoms with Crippen LogP contribution in [0.25, 0.3) is 0 Å². The molecule has 1 aromatic heterocycles. The molecule has 0 unspecified atom stereocenters. The van der Waals surface area contributed by atoms with E-state index in [0.29, 0.717) is 17.7 Å². The highest BCUT2D eigenvalue weighted by atomic mass is 79.9. The maximum absolute atomic E-state index is 13.9. The molecule has 3 nitrogen and oxygen atoms in total. The number of amides is 1. The molecule has 0 fully saturated rings. The zero-order valence-corrected chi connectivity index (χ0v) is 16.0. The van der Waals surface area contributed by atoms with Crippen molar-refractivity contribution in [2.45, 2.75) is 13.0 Å². The minimum absolute atomic E-state index is 0.190. The molecule has 2 aromatic carbocycles. The van der Waals surface area contributed by atoms with Gasteiger partial charge in [0.1, 0.15) is 11.5 Å². The summed E-state index contributed by atoms with van der Waals surface area (Å²) in [5, 5.41) is 2.64. The standard InChI is InChI=1S/C19H16BrFN2OS/c1-23(11-14-10-15(20)7-8-16(14)21)19(24)17-12-25-18(22-17)9-13-5-3-2-4-6-13/h2-8,10,12H,9,11H2,1H3. The van der Waals surface area contributed by atoms with E-state index in [2.05, 4.69) is 20.9 Å². The third-order valence-corrected chi connectivity index (χ3v) is 5.07. The van der Waals surface area contributed by atoms with Crippen LogP contribution in [0.1, 0.15) is 26.6 Å². The second-order valence-corrected chi connectivity index (χ2v) is 7.54.